The number of carbonyl (C=O) groups excluding carboxylic acids is 2. The highest BCUT2D eigenvalue weighted by atomic mass is 79.9. The van der Waals surface area contributed by atoms with Gasteiger partial charge < -0.3 is 14.9 Å². The van der Waals surface area contributed by atoms with Gasteiger partial charge in [-0.2, -0.15) is 0 Å². The van der Waals surface area contributed by atoms with E-state index in [-0.39, 0.29) is 24.2 Å². The number of nitrogens with one attached hydrogen (secondary N) is 1. The first-order chi connectivity index (χ1) is 17.4. The fourth-order valence-corrected chi connectivity index (χ4v) is 5.52. The number of para-hydroxylation sites is 1. The monoisotopic (exact) mass is 574 g/mol. The van der Waals surface area contributed by atoms with Gasteiger partial charge in [-0.1, -0.05) is 58.4 Å². The summed E-state index contributed by atoms with van der Waals surface area (Å²) in [5.41, 5.74) is 12.3. The van der Waals surface area contributed by atoms with Crippen LogP contribution in [-0.2, 0) is 29.7 Å². The Morgan fingerprint density at radius 3 is 2.27 bits per heavy atom. The normalized spacial score (nSPS) is 13.5. The molecule has 5 aromatic rings. The smallest absolute Gasteiger partial charge is 0.259 e. The summed E-state index contributed by atoms with van der Waals surface area (Å²) in [6.07, 6.45) is 3.90. The van der Waals surface area contributed by atoms with E-state index in [9.17, 15) is 9.59 Å². The second-order valence-corrected chi connectivity index (χ2v) is 9.98. The Morgan fingerprint density at radius 2 is 1.51 bits per heavy atom. The van der Waals surface area contributed by atoms with Crippen LogP contribution in [0, 0.1) is 0 Å². The number of carbonyl (C=O) groups is 2. The van der Waals surface area contributed by atoms with Gasteiger partial charge in [0, 0.05) is 69.9 Å². The minimum absolute atomic E-state index is 0. The lowest BCUT2D eigenvalue weighted by atomic mass is 9.95. The van der Waals surface area contributed by atoms with E-state index < -0.39 is 0 Å². The highest BCUT2D eigenvalue weighted by Crippen LogP contribution is 2.39. The van der Waals surface area contributed by atoms with E-state index in [0.29, 0.717) is 24.2 Å². The van der Waals surface area contributed by atoms with Crippen LogP contribution in [0.3, 0.4) is 0 Å². The molecule has 1 aliphatic rings. The summed E-state index contributed by atoms with van der Waals surface area (Å²) in [6.45, 7) is 1.08. The maximum absolute atomic E-state index is 13.3. The van der Waals surface area contributed by atoms with E-state index >= 15 is 0 Å². The van der Waals surface area contributed by atoms with Crippen LogP contribution in [-0.4, -0.2) is 20.9 Å². The highest BCUT2D eigenvalue weighted by molar-refractivity contribution is 9.10. The standard InChI is InChI=1S/C29H23BrN4O2.ClH/c1-33-15-22(20-7-2-3-8-24(20)33)26-27(29(36)32-28(26)35)23-16-34(25-10-9-19(30)12-21(23)25)14-18-6-4-5-17(11-18)13-31;/h2-12,15-16H,13-14,31H2,1H3,(H,32,35,36);1H. The molecule has 0 atom stereocenters. The molecule has 3 N–H and O–H groups in total. The molecule has 2 aromatic heterocycles. The molecule has 0 fully saturated rings. The molecule has 0 aliphatic carbocycles. The topological polar surface area (TPSA) is 82.0 Å². The number of fused-ring (bicyclic) bond motifs is 2. The van der Waals surface area contributed by atoms with Crippen molar-refractivity contribution >= 4 is 73.1 Å². The van der Waals surface area contributed by atoms with Crippen molar-refractivity contribution < 1.29 is 9.59 Å². The molecular weight excluding hydrogens is 552 g/mol. The number of nitrogens with zero attached hydrogens (tertiary/aromatic N) is 2. The lowest BCUT2D eigenvalue weighted by Gasteiger charge is -2.07. The van der Waals surface area contributed by atoms with Gasteiger partial charge in [0.05, 0.1) is 11.1 Å². The summed E-state index contributed by atoms with van der Waals surface area (Å²) >= 11 is 3.58. The number of aryl methyl sites for hydroxylation is 1. The van der Waals surface area contributed by atoms with Crippen molar-refractivity contribution in [2.45, 2.75) is 13.1 Å². The van der Waals surface area contributed by atoms with Gasteiger partial charge in [-0.15, -0.1) is 12.4 Å². The lowest BCUT2D eigenvalue weighted by molar-refractivity contribution is -0.122. The lowest BCUT2D eigenvalue weighted by Crippen LogP contribution is -2.22. The van der Waals surface area contributed by atoms with Crippen LogP contribution in [0.15, 0.2) is 83.6 Å². The zero-order chi connectivity index (χ0) is 25.0. The van der Waals surface area contributed by atoms with Crippen molar-refractivity contribution in [3.05, 3.63) is 106 Å². The van der Waals surface area contributed by atoms with Gasteiger partial charge in [-0.05, 0) is 35.4 Å². The quantitative estimate of drug-likeness (QED) is 0.276. The van der Waals surface area contributed by atoms with Crippen LogP contribution < -0.4 is 11.1 Å². The van der Waals surface area contributed by atoms with Gasteiger partial charge in [-0.3, -0.25) is 14.9 Å². The third-order valence-electron chi connectivity index (χ3n) is 6.79. The van der Waals surface area contributed by atoms with Crippen LogP contribution in [0.4, 0.5) is 0 Å². The molecule has 0 bridgehead atoms. The molecule has 2 amide bonds. The minimum atomic E-state index is -0.382. The third kappa shape index (κ3) is 4.19. The summed E-state index contributed by atoms with van der Waals surface area (Å²) in [5.74, 6) is -0.759. The Balaban J connectivity index is 0.00000280. The van der Waals surface area contributed by atoms with Crippen molar-refractivity contribution in [3.63, 3.8) is 0 Å². The Morgan fingerprint density at radius 1 is 0.811 bits per heavy atom. The first-order valence-electron chi connectivity index (χ1n) is 11.7. The molecule has 3 heterocycles. The van der Waals surface area contributed by atoms with Crippen molar-refractivity contribution in [1.82, 2.24) is 14.5 Å². The van der Waals surface area contributed by atoms with Crippen molar-refractivity contribution in [1.29, 1.82) is 0 Å². The fourth-order valence-electron chi connectivity index (χ4n) is 5.16. The van der Waals surface area contributed by atoms with Crippen LogP contribution in [0.2, 0.25) is 0 Å². The molecular formula is C29H24BrClN4O2. The largest absolute Gasteiger partial charge is 0.350 e. The minimum Gasteiger partial charge on any atom is -0.350 e. The Kier molecular flexibility index (Phi) is 6.54. The summed E-state index contributed by atoms with van der Waals surface area (Å²) in [6, 6.07) is 22.1. The molecule has 1 aliphatic heterocycles. The number of halogens is 2. The summed E-state index contributed by atoms with van der Waals surface area (Å²) in [4.78, 5) is 26.4. The Bertz CT molecular complexity index is 1750. The van der Waals surface area contributed by atoms with Crippen molar-refractivity contribution in [2.24, 2.45) is 12.8 Å². The van der Waals surface area contributed by atoms with Crippen molar-refractivity contribution in [2.75, 3.05) is 0 Å². The van der Waals surface area contributed by atoms with Gasteiger partial charge in [0.25, 0.3) is 11.8 Å². The Hall–Kier alpha value is -3.65. The number of hydrogen-bond acceptors (Lipinski definition) is 3. The van der Waals surface area contributed by atoms with Crippen LogP contribution in [0.25, 0.3) is 33.0 Å². The van der Waals surface area contributed by atoms with Gasteiger partial charge in [-0.25, -0.2) is 0 Å². The maximum Gasteiger partial charge on any atom is 0.259 e. The van der Waals surface area contributed by atoms with Crippen LogP contribution in [0.5, 0.6) is 0 Å². The molecule has 0 spiro atoms. The number of imide groups is 1. The first kappa shape index (κ1) is 25.0. The molecule has 6 nitrogen and oxygen atoms in total. The van der Waals surface area contributed by atoms with E-state index in [2.05, 4.69) is 37.9 Å². The average Bonchev–Trinajstić information content (AvgIpc) is 3.49. The number of nitrogens with two attached hydrogens (primary N) is 1. The molecule has 0 saturated carbocycles. The Labute approximate surface area is 228 Å². The van der Waals surface area contributed by atoms with E-state index in [1.165, 1.54) is 0 Å². The molecule has 0 radical (unpaired) electrons. The molecule has 8 heteroatoms. The molecule has 37 heavy (non-hydrogen) atoms. The van der Waals surface area contributed by atoms with Gasteiger partial charge in [0.2, 0.25) is 0 Å². The second-order valence-electron chi connectivity index (χ2n) is 9.06. The highest BCUT2D eigenvalue weighted by Gasteiger charge is 2.35. The van der Waals surface area contributed by atoms with Crippen LogP contribution in [0.1, 0.15) is 22.3 Å². The van der Waals surface area contributed by atoms with E-state index in [1.54, 1.807) is 0 Å². The summed E-state index contributed by atoms with van der Waals surface area (Å²) in [5, 5.41) is 4.38. The van der Waals surface area contributed by atoms with Gasteiger partial charge >= 0.3 is 0 Å². The van der Waals surface area contributed by atoms with Gasteiger partial charge in [0.1, 0.15) is 0 Å². The fraction of sp³-hybridized carbons (Fsp3) is 0.103. The number of rotatable bonds is 5. The number of aromatic nitrogens is 2. The zero-order valence-electron chi connectivity index (χ0n) is 20.0. The van der Waals surface area contributed by atoms with Gasteiger partial charge in [0.15, 0.2) is 0 Å². The molecule has 3 aromatic carbocycles. The SMILES string of the molecule is Cl.Cn1cc(C2=C(c3cn(Cc4cccc(CN)c4)c4ccc(Br)cc34)C(=O)NC2=O)c2ccccc21. The maximum atomic E-state index is 13.3. The average molecular weight is 576 g/mol. The van der Waals surface area contributed by atoms with E-state index in [4.69, 9.17) is 5.73 Å². The summed E-state index contributed by atoms with van der Waals surface area (Å²) < 4.78 is 5.00. The van der Waals surface area contributed by atoms with Crippen LogP contribution >= 0.6 is 28.3 Å². The van der Waals surface area contributed by atoms with Crippen molar-refractivity contribution in [3.8, 4) is 0 Å². The molecule has 0 unspecified atom stereocenters. The summed E-state index contributed by atoms with van der Waals surface area (Å²) in [7, 11) is 1.94. The second kappa shape index (κ2) is 9.67. The predicted molar refractivity (Wildman–Crippen MR) is 153 cm³/mol. The number of amides is 2. The predicted octanol–water partition coefficient (Wildman–Crippen LogP) is 5.39. The molecule has 0 saturated heterocycles. The van der Waals surface area contributed by atoms with E-state index in [1.807, 2.05) is 78.6 Å². The number of hydrogen-bond donors (Lipinski definition) is 2. The molecule has 6 rings (SSSR count). The third-order valence-corrected chi connectivity index (χ3v) is 7.28. The molecule has 186 valence electrons. The first-order valence-corrected chi connectivity index (χ1v) is 12.4. The zero-order valence-corrected chi connectivity index (χ0v) is 22.4. The number of benzene rings is 3. The van der Waals surface area contributed by atoms with E-state index in [0.717, 1.165) is 48.5 Å².